The van der Waals surface area contributed by atoms with Crippen molar-refractivity contribution in [1.29, 1.82) is 0 Å². The Balaban J connectivity index is 1.87. The van der Waals surface area contributed by atoms with E-state index in [1.54, 1.807) is 11.3 Å². The average Bonchev–Trinajstić information content (AvgIpc) is 3.31. The Hall–Kier alpha value is -2.42. The smallest absolute Gasteiger partial charge is 0.200 e. The summed E-state index contributed by atoms with van der Waals surface area (Å²) in [6, 6.07) is 40.8. The zero-order chi connectivity index (χ0) is 23.4. The lowest BCUT2D eigenvalue weighted by Gasteiger charge is -2.26. The summed E-state index contributed by atoms with van der Waals surface area (Å²) < 4.78 is 1.29. The van der Waals surface area contributed by atoms with Gasteiger partial charge in [0.15, 0.2) is 7.26 Å². The van der Waals surface area contributed by atoms with Crippen LogP contribution in [0.1, 0.15) is 6.92 Å². The minimum absolute atomic E-state index is 0.739. The normalized spacial score (nSPS) is 11.5. The Morgan fingerprint density at radius 1 is 0.706 bits per heavy atom. The summed E-state index contributed by atoms with van der Waals surface area (Å²) in [6.07, 6.45) is 0. The monoisotopic (exact) mass is 516 g/mol. The van der Waals surface area contributed by atoms with Crippen molar-refractivity contribution in [2.45, 2.75) is 11.1 Å². The fraction of sp³-hybridized carbons (Fsp3) is 0.0690. The maximum Gasteiger partial charge on any atom is 0.223 e. The van der Waals surface area contributed by atoms with E-state index in [0.29, 0.717) is 0 Å². The van der Waals surface area contributed by atoms with Crippen molar-refractivity contribution >= 4 is 63.3 Å². The molecular formula is C29H24ClNPS2+. The molecule has 34 heavy (non-hydrogen) atoms. The van der Waals surface area contributed by atoms with E-state index in [9.17, 15) is 0 Å². The van der Waals surface area contributed by atoms with E-state index in [2.05, 4.69) is 110 Å². The maximum absolute atomic E-state index is 6.18. The highest BCUT2D eigenvalue weighted by Gasteiger charge is 2.52. The molecule has 0 radical (unpaired) electrons. The van der Waals surface area contributed by atoms with Gasteiger partial charge >= 0.3 is 0 Å². The lowest BCUT2D eigenvalue weighted by atomic mass is 10.2. The van der Waals surface area contributed by atoms with Crippen molar-refractivity contribution in [1.82, 2.24) is 4.98 Å². The van der Waals surface area contributed by atoms with Crippen molar-refractivity contribution < 1.29 is 0 Å². The molecule has 0 bridgehead atoms. The molecule has 1 aromatic heterocycles. The summed E-state index contributed by atoms with van der Waals surface area (Å²) in [4.78, 5) is 5.43. The van der Waals surface area contributed by atoms with Crippen LogP contribution in [0.25, 0.3) is 10.6 Å². The Labute approximate surface area is 215 Å². The van der Waals surface area contributed by atoms with Crippen LogP contribution < -0.4 is 21.3 Å². The second kappa shape index (κ2) is 10.5. The van der Waals surface area contributed by atoms with E-state index in [1.165, 1.54) is 25.6 Å². The predicted molar refractivity (Wildman–Crippen MR) is 154 cm³/mol. The Morgan fingerprint density at radius 2 is 1.18 bits per heavy atom. The molecule has 0 saturated heterocycles. The van der Waals surface area contributed by atoms with E-state index >= 15 is 0 Å². The Morgan fingerprint density at radius 3 is 1.62 bits per heavy atom. The quantitative estimate of drug-likeness (QED) is 0.168. The molecule has 0 spiro atoms. The molecule has 5 rings (SSSR count). The zero-order valence-electron chi connectivity index (χ0n) is 18.8. The molecule has 1 heterocycles. The van der Waals surface area contributed by atoms with E-state index < -0.39 is 7.26 Å². The largest absolute Gasteiger partial charge is 0.223 e. The first-order valence-electron chi connectivity index (χ1n) is 11.2. The molecule has 0 N–H and O–H groups in total. The fourth-order valence-electron chi connectivity index (χ4n) is 4.22. The summed E-state index contributed by atoms with van der Waals surface area (Å²) in [5.74, 6) is 0.994. The van der Waals surface area contributed by atoms with Gasteiger partial charge in [-0.05, 0) is 54.3 Å². The third-order valence-electron chi connectivity index (χ3n) is 5.69. The van der Waals surface area contributed by atoms with Gasteiger partial charge in [0.1, 0.15) is 25.1 Å². The summed E-state index contributed by atoms with van der Waals surface area (Å²) in [6.45, 7) is 2.21. The van der Waals surface area contributed by atoms with Gasteiger partial charge in [-0.2, -0.15) is 4.98 Å². The molecule has 0 aliphatic carbocycles. The molecule has 168 valence electrons. The van der Waals surface area contributed by atoms with Crippen LogP contribution in [0, 0.1) is 0 Å². The second-order valence-corrected chi connectivity index (χ2v) is 14.0. The van der Waals surface area contributed by atoms with Gasteiger partial charge in [-0.25, -0.2) is 0 Å². The fourth-order valence-corrected chi connectivity index (χ4v) is 11.5. The highest BCUT2D eigenvalue weighted by atomic mass is 35.5. The van der Waals surface area contributed by atoms with Crippen LogP contribution in [0.5, 0.6) is 0 Å². The molecule has 0 saturated carbocycles. The first-order valence-corrected chi connectivity index (χ1v) is 15.2. The summed E-state index contributed by atoms with van der Waals surface area (Å²) in [7, 11) is -2.23. The molecule has 0 atom stereocenters. The van der Waals surface area contributed by atoms with Gasteiger partial charge < -0.3 is 0 Å². The van der Waals surface area contributed by atoms with E-state index in [-0.39, 0.29) is 0 Å². The lowest BCUT2D eigenvalue weighted by Crippen LogP contribution is -2.39. The molecule has 0 aliphatic heterocycles. The summed E-state index contributed by atoms with van der Waals surface area (Å²) in [5, 5.41) is 5.73. The van der Waals surface area contributed by atoms with E-state index in [1.807, 2.05) is 23.9 Å². The van der Waals surface area contributed by atoms with Crippen LogP contribution in [0.15, 0.2) is 119 Å². The molecule has 0 amide bonds. The third kappa shape index (κ3) is 4.34. The molecular weight excluding hydrogens is 493 g/mol. The number of rotatable bonds is 7. The number of aromatic nitrogens is 1. The first kappa shape index (κ1) is 23.3. The van der Waals surface area contributed by atoms with Gasteiger partial charge in [0.2, 0.25) is 5.44 Å². The minimum Gasteiger partial charge on any atom is -0.200 e. The highest BCUT2D eigenvalue weighted by molar-refractivity contribution is 8.05. The van der Waals surface area contributed by atoms with Crippen LogP contribution in [0.3, 0.4) is 0 Å². The van der Waals surface area contributed by atoms with Crippen LogP contribution in [-0.2, 0) is 0 Å². The number of hydrogen-bond donors (Lipinski definition) is 0. The Kier molecular flexibility index (Phi) is 7.18. The van der Waals surface area contributed by atoms with Crippen LogP contribution >= 0.6 is 42.0 Å². The number of benzene rings is 4. The number of hydrogen-bond acceptors (Lipinski definition) is 3. The standard InChI is InChI=1S/C29H24ClNPS2/c1-2-33-29-27(31-28(34-29)22-18-20-23(30)21-19-22)32(24-12-6-3-7-13-24,25-14-8-4-9-15-25)26-16-10-5-11-17-26/h3-21H,2H2,1H3/q+1. The molecule has 1 nitrogen and oxygen atoms in total. The van der Waals surface area contributed by atoms with Gasteiger partial charge in [0.05, 0.1) is 0 Å². The van der Waals surface area contributed by atoms with Crippen molar-refractivity contribution in [3.05, 3.63) is 120 Å². The van der Waals surface area contributed by atoms with Gasteiger partial charge in [0.25, 0.3) is 0 Å². The summed E-state index contributed by atoms with van der Waals surface area (Å²) >= 11 is 9.86. The predicted octanol–water partition coefficient (Wildman–Crippen LogP) is 7.19. The molecule has 0 unspecified atom stereocenters. The van der Waals surface area contributed by atoms with Crippen molar-refractivity contribution in [2.75, 3.05) is 5.75 Å². The van der Waals surface area contributed by atoms with Gasteiger partial charge in [-0.3, -0.25) is 0 Å². The number of nitrogens with zero attached hydrogens (tertiary/aromatic N) is 1. The Bertz CT molecular complexity index is 1260. The van der Waals surface area contributed by atoms with E-state index in [0.717, 1.165) is 21.3 Å². The van der Waals surface area contributed by atoms with Gasteiger partial charge in [0, 0.05) is 10.6 Å². The third-order valence-corrected chi connectivity index (χ3v) is 12.7. The molecule has 5 heteroatoms. The van der Waals surface area contributed by atoms with Crippen molar-refractivity contribution in [2.24, 2.45) is 0 Å². The van der Waals surface area contributed by atoms with Crippen molar-refractivity contribution in [3.63, 3.8) is 0 Å². The van der Waals surface area contributed by atoms with Crippen LogP contribution in [0.4, 0.5) is 0 Å². The molecule has 0 fully saturated rings. The summed E-state index contributed by atoms with van der Waals surface area (Å²) in [5.41, 5.74) is 2.30. The van der Waals surface area contributed by atoms with E-state index in [4.69, 9.17) is 16.6 Å². The average molecular weight is 517 g/mol. The number of thiazole rings is 1. The van der Waals surface area contributed by atoms with Crippen LogP contribution in [-0.4, -0.2) is 10.7 Å². The second-order valence-electron chi connectivity index (χ2n) is 7.75. The lowest BCUT2D eigenvalue weighted by molar-refractivity contribution is 1.43. The first-order chi connectivity index (χ1) is 16.7. The molecule has 4 aromatic carbocycles. The topological polar surface area (TPSA) is 12.9 Å². The number of halogens is 1. The molecule has 0 aliphatic rings. The zero-order valence-corrected chi connectivity index (χ0v) is 22.0. The SMILES string of the molecule is CCSc1sc(-c2ccc(Cl)cc2)nc1[P+](c1ccccc1)(c1ccccc1)c1ccccc1. The molecule has 5 aromatic rings. The minimum atomic E-state index is -2.23. The van der Waals surface area contributed by atoms with Crippen LogP contribution in [0.2, 0.25) is 5.02 Å². The number of thioether (sulfide) groups is 1. The highest BCUT2D eigenvalue weighted by Crippen LogP contribution is 2.56. The van der Waals surface area contributed by atoms with Gasteiger partial charge in [-0.1, -0.05) is 85.3 Å². The maximum atomic E-state index is 6.18. The van der Waals surface area contributed by atoms with Crippen molar-refractivity contribution in [3.8, 4) is 10.6 Å². The van der Waals surface area contributed by atoms with Gasteiger partial charge in [-0.15, -0.1) is 23.1 Å².